The Morgan fingerprint density at radius 1 is 1.00 bits per heavy atom. The molecule has 0 saturated carbocycles. The Kier molecular flexibility index (Phi) is 3.59. The number of nitrogens with zero attached hydrogens (tertiary/aromatic N) is 7. The van der Waals surface area contributed by atoms with Crippen LogP contribution in [-0.4, -0.2) is 29.2 Å². The van der Waals surface area contributed by atoms with Crippen LogP contribution in [0.5, 0.6) is 0 Å². The van der Waals surface area contributed by atoms with E-state index in [0.717, 1.165) is 5.56 Å². The van der Waals surface area contributed by atoms with Gasteiger partial charge in [-0.15, -0.1) is 10.2 Å². The molecule has 0 aliphatic heterocycles. The molecule has 8 nitrogen and oxygen atoms in total. The molecule has 0 fully saturated rings. The van der Waals surface area contributed by atoms with Crippen LogP contribution in [0.4, 0.5) is 0 Å². The van der Waals surface area contributed by atoms with E-state index in [1.165, 1.54) is 13.8 Å². The minimum absolute atomic E-state index is 0.225. The standard InChI is InChI=1S/C17H13N7O/c18-12-14-16(13-6-2-1-3-7-13)19-21-23(14)10-11-24-17(25)22-9-5-4-8-15(22)20-24/h1-9H,10-11H2. The summed E-state index contributed by atoms with van der Waals surface area (Å²) in [5.74, 6) is 0. The van der Waals surface area contributed by atoms with Crippen molar-refractivity contribution in [1.29, 1.82) is 5.26 Å². The van der Waals surface area contributed by atoms with Crippen molar-refractivity contribution in [3.8, 4) is 17.3 Å². The summed E-state index contributed by atoms with van der Waals surface area (Å²) in [6.45, 7) is 0.624. The minimum Gasteiger partial charge on any atom is -0.250 e. The molecule has 0 N–H and O–H groups in total. The fourth-order valence-corrected chi connectivity index (χ4v) is 2.67. The van der Waals surface area contributed by atoms with E-state index in [1.807, 2.05) is 36.4 Å². The van der Waals surface area contributed by atoms with Crippen LogP contribution in [-0.2, 0) is 13.1 Å². The molecule has 4 rings (SSSR count). The third-order valence-corrected chi connectivity index (χ3v) is 3.90. The predicted molar refractivity (Wildman–Crippen MR) is 89.6 cm³/mol. The zero-order valence-corrected chi connectivity index (χ0v) is 13.1. The van der Waals surface area contributed by atoms with Crippen molar-refractivity contribution in [1.82, 2.24) is 29.2 Å². The summed E-state index contributed by atoms with van der Waals surface area (Å²) >= 11 is 0. The Morgan fingerprint density at radius 3 is 2.52 bits per heavy atom. The molecule has 4 aromatic rings. The maximum absolute atomic E-state index is 12.3. The molecule has 0 bridgehead atoms. The molecular formula is C17H13N7O. The van der Waals surface area contributed by atoms with Crippen LogP contribution < -0.4 is 5.69 Å². The summed E-state index contributed by atoms with van der Waals surface area (Å²) in [5.41, 5.74) is 2.08. The monoisotopic (exact) mass is 331 g/mol. The van der Waals surface area contributed by atoms with Crippen LogP contribution in [0.3, 0.4) is 0 Å². The summed E-state index contributed by atoms with van der Waals surface area (Å²) in [5, 5.41) is 21.9. The van der Waals surface area contributed by atoms with E-state index in [1.54, 1.807) is 18.3 Å². The molecule has 0 radical (unpaired) electrons. The van der Waals surface area contributed by atoms with Crippen LogP contribution in [0, 0.1) is 11.3 Å². The van der Waals surface area contributed by atoms with Gasteiger partial charge in [0.1, 0.15) is 11.8 Å². The molecule has 3 heterocycles. The molecule has 0 aliphatic carbocycles. The number of rotatable bonds is 4. The second kappa shape index (κ2) is 6.05. The Labute approximate surface area is 142 Å². The molecule has 0 unspecified atom stereocenters. The maximum atomic E-state index is 12.3. The molecular weight excluding hydrogens is 318 g/mol. The van der Waals surface area contributed by atoms with E-state index in [9.17, 15) is 10.1 Å². The van der Waals surface area contributed by atoms with Crippen LogP contribution in [0.2, 0.25) is 0 Å². The summed E-state index contributed by atoms with van der Waals surface area (Å²) in [6.07, 6.45) is 1.67. The number of hydrogen-bond donors (Lipinski definition) is 0. The molecule has 1 aromatic carbocycles. The van der Waals surface area contributed by atoms with Gasteiger partial charge in [-0.3, -0.25) is 4.40 Å². The van der Waals surface area contributed by atoms with Crippen molar-refractivity contribution in [2.75, 3.05) is 0 Å². The smallest absolute Gasteiger partial charge is 0.250 e. The lowest BCUT2D eigenvalue weighted by Crippen LogP contribution is -2.23. The summed E-state index contributed by atoms with van der Waals surface area (Å²) in [6, 6.07) is 16.9. The Morgan fingerprint density at radius 2 is 1.76 bits per heavy atom. The van der Waals surface area contributed by atoms with Gasteiger partial charge in [-0.25, -0.2) is 14.2 Å². The first-order chi connectivity index (χ1) is 12.3. The summed E-state index contributed by atoms with van der Waals surface area (Å²) in [7, 11) is 0. The van der Waals surface area contributed by atoms with Gasteiger partial charge >= 0.3 is 5.69 Å². The molecule has 0 saturated heterocycles. The number of hydrogen-bond acceptors (Lipinski definition) is 5. The van der Waals surface area contributed by atoms with Crippen molar-refractivity contribution in [2.45, 2.75) is 13.1 Å². The number of aryl methyl sites for hydroxylation is 2. The van der Waals surface area contributed by atoms with Crippen molar-refractivity contribution >= 4 is 5.65 Å². The Hall–Kier alpha value is -3.73. The van der Waals surface area contributed by atoms with Crippen molar-refractivity contribution < 1.29 is 0 Å². The van der Waals surface area contributed by atoms with Gasteiger partial charge in [0.15, 0.2) is 11.3 Å². The quantitative estimate of drug-likeness (QED) is 0.562. The van der Waals surface area contributed by atoms with Gasteiger partial charge in [0, 0.05) is 11.8 Å². The average molecular weight is 331 g/mol. The van der Waals surface area contributed by atoms with E-state index in [4.69, 9.17) is 0 Å². The van der Waals surface area contributed by atoms with E-state index < -0.39 is 0 Å². The average Bonchev–Trinajstić information content (AvgIpc) is 3.22. The largest absolute Gasteiger partial charge is 0.350 e. The Bertz CT molecular complexity index is 1130. The van der Waals surface area contributed by atoms with Crippen LogP contribution in [0.15, 0.2) is 59.5 Å². The SMILES string of the molecule is N#Cc1c(-c2ccccc2)nnn1CCn1nc2ccccn2c1=O. The normalized spacial score (nSPS) is 10.8. The third kappa shape index (κ3) is 2.57. The lowest BCUT2D eigenvalue weighted by molar-refractivity contribution is 0.477. The van der Waals surface area contributed by atoms with Gasteiger partial charge in [0.05, 0.1) is 13.1 Å². The first kappa shape index (κ1) is 14.8. The lowest BCUT2D eigenvalue weighted by atomic mass is 10.1. The second-order valence-electron chi connectivity index (χ2n) is 5.42. The molecule has 122 valence electrons. The van der Waals surface area contributed by atoms with Gasteiger partial charge in [-0.05, 0) is 12.1 Å². The second-order valence-corrected chi connectivity index (χ2v) is 5.42. The van der Waals surface area contributed by atoms with E-state index in [-0.39, 0.29) is 5.69 Å². The highest BCUT2D eigenvalue weighted by atomic mass is 16.2. The lowest BCUT2D eigenvalue weighted by Gasteiger charge is -2.02. The highest BCUT2D eigenvalue weighted by Gasteiger charge is 2.15. The predicted octanol–water partition coefficient (Wildman–Crippen LogP) is 1.33. The molecule has 8 heteroatoms. The van der Waals surface area contributed by atoms with Crippen LogP contribution in [0.1, 0.15) is 5.69 Å². The molecule has 3 aromatic heterocycles. The van der Waals surface area contributed by atoms with Crippen molar-refractivity contribution in [3.05, 3.63) is 70.9 Å². The highest BCUT2D eigenvalue weighted by Crippen LogP contribution is 2.19. The first-order valence-corrected chi connectivity index (χ1v) is 7.71. The van der Waals surface area contributed by atoms with E-state index >= 15 is 0 Å². The van der Waals surface area contributed by atoms with Crippen molar-refractivity contribution in [2.24, 2.45) is 0 Å². The maximum Gasteiger partial charge on any atom is 0.350 e. The fourth-order valence-electron chi connectivity index (χ4n) is 2.67. The van der Waals surface area contributed by atoms with E-state index in [2.05, 4.69) is 21.5 Å². The van der Waals surface area contributed by atoms with Crippen LogP contribution >= 0.6 is 0 Å². The van der Waals surface area contributed by atoms with Gasteiger partial charge in [-0.2, -0.15) is 5.26 Å². The summed E-state index contributed by atoms with van der Waals surface area (Å²) in [4.78, 5) is 12.3. The molecule has 25 heavy (non-hydrogen) atoms. The van der Waals surface area contributed by atoms with Gasteiger partial charge < -0.3 is 0 Å². The highest BCUT2D eigenvalue weighted by molar-refractivity contribution is 5.64. The van der Waals surface area contributed by atoms with Crippen LogP contribution in [0.25, 0.3) is 16.9 Å². The Balaban J connectivity index is 1.63. The number of benzene rings is 1. The molecule has 0 aliphatic rings. The number of nitriles is 1. The fraction of sp³-hybridized carbons (Fsp3) is 0.118. The topological polar surface area (TPSA) is 93.8 Å². The number of fused-ring (bicyclic) bond motifs is 1. The van der Waals surface area contributed by atoms with Crippen molar-refractivity contribution in [3.63, 3.8) is 0 Å². The molecule has 0 atom stereocenters. The minimum atomic E-state index is -0.225. The summed E-state index contributed by atoms with van der Waals surface area (Å²) < 4.78 is 4.33. The first-order valence-electron chi connectivity index (χ1n) is 7.71. The third-order valence-electron chi connectivity index (χ3n) is 3.90. The van der Waals surface area contributed by atoms with Gasteiger partial charge in [-0.1, -0.05) is 41.6 Å². The zero-order valence-electron chi connectivity index (χ0n) is 13.1. The number of aromatic nitrogens is 6. The molecule has 0 spiro atoms. The van der Waals surface area contributed by atoms with E-state index in [0.29, 0.717) is 30.1 Å². The molecule has 0 amide bonds. The van der Waals surface area contributed by atoms with Gasteiger partial charge in [0.25, 0.3) is 0 Å². The zero-order chi connectivity index (χ0) is 17.2. The number of pyridine rings is 1. The van der Waals surface area contributed by atoms with Gasteiger partial charge in [0.2, 0.25) is 0 Å².